The molecule has 2 N–H and O–H groups in total. The number of imidazole rings is 1. The Morgan fingerprint density at radius 3 is 2.58 bits per heavy atom. The van der Waals surface area contributed by atoms with Crippen molar-refractivity contribution in [2.24, 2.45) is 0 Å². The SMILES string of the molecule is Cc1cc(Cl)ccc1NC(=O)c1ncn2c1C(=O)N(C1CC1)C(C)(C(=O)NC1CCCC1)C2. The van der Waals surface area contributed by atoms with Crippen molar-refractivity contribution in [2.75, 3.05) is 5.32 Å². The molecule has 3 amide bonds. The van der Waals surface area contributed by atoms with Crippen LogP contribution < -0.4 is 10.6 Å². The number of nitrogens with zero attached hydrogens (tertiary/aromatic N) is 3. The first-order valence-electron chi connectivity index (χ1n) is 11.5. The number of hydrogen-bond donors (Lipinski definition) is 2. The lowest BCUT2D eigenvalue weighted by molar-refractivity contribution is -0.134. The lowest BCUT2D eigenvalue weighted by Gasteiger charge is -2.44. The molecule has 2 aliphatic carbocycles. The van der Waals surface area contributed by atoms with Gasteiger partial charge in [-0.25, -0.2) is 4.98 Å². The van der Waals surface area contributed by atoms with Gasteiger partial charge in [0.15, 0.2) is 5.69 Å². The average molecular weight is 470 g/mol. The van der Waals surface area contributed by atoms with E-state index >= 15 is 0 Å². The summed E-state index contributed by atoms with van der Waals surface area (Å²) >= 11 is 6.01. The molecule has 2 heterocycles. The number of hydrogen-bond acceptors (Lipinski definition) is 4. The van der Waals surface area contributed by atoms with Crippen LogP contribution in [0.15, 0.2) is 24.5 Å². The Labute approximate surface area is 197 Å². The zero-order chi connectivity index (χ0) is 23.3. The maximum Gasteiger partial charge on any atom is 0.276 e. The van der Waals surface area contributed by atoms with Crippen molar-refractivity contribution >= 4 is 35.0 Å². The van der Waals surface area contributed by atoms with Gasteiger partial charge in [0.1, 0.15) is 11.2 Å². The van der Waals surface area contributed by atoms with Crippen molar-refractivity contribution in [3.05, 3.63) is 46.5 Å². The van der Waals surface area contributed by atoms with Crippen LogP contribution in [0.2, 0.25) is 5.02 Å². The Bertz CT molecular complexity index is 1140. The minimum absolute atomic E-state index is 0.00917. The highest BCUT2D eigenvalue weighted by Crippen LogP contribution is 2.39. The van der Waals surface area contributed by atoms with E-state index in [-0.39, 0.29) is 41.8 Å². The highest BCUT2D eigenvalue weighted by Gasteiger charge is 2.54. The number of nitrogens with one attached hydrogen (secondary N) is 2. The molecule has 1 atom stereocenters. The molecule has 0 spiro atoms. The molecule has 2 saturated carbocycles. The Hall–Kier alpha value is -2.87. The molecule has 0 saturated heterocycles. The normalized spacial score (nSPS) is 22.9. The van der Waals surface area contributed by atoms with Gasteiger partial charge in [0.2, 0.25) is 5.91 Å². The lowest BCUT2D eigenvalue weighted by Crippen LogP contribution is -2.65. The van der Waals surface area contributed by atoms with Gasteiger partial charge in [-0.3, -0.25) is 14.4 Å². The van der Waals surface area contributed by atoms with Crippen molar-refractivity contribution in [3.63, 3.8) is 0 Å². The second-order valence-corrected chi connectivity index (χ2v) is 10.1. The third-order valence-corrected chi connectivity index (χ3v) is 7.25. The van der Waals surface area contributed by atoms with E-state index in [1.54, 1.807) is 27.7 Å². The van der Waals surface area contributed by atoms with Crippen LogP contribution in [-0.2, 0) is 11.3 Å². The van der Waals surface area contributed by atoms with Gasteiger partial charge in [0, 0.05) is 22.8 Å². The topological polar surface area (TPSA) is 96.3 Å². The molecule has 1 unspecified atom stereocenters. The maximum absolute atomic E-state index is 13.7. The molecule has 2 fully saturated rings. The van der Waals surface area contributed by atoms with Gasteiger partial charge < -0.3 is 20.1 Å². The standard InChI is InChI=1S/C24H28ClN5O3/c1-14-11-15(25)7-10-18(14)28-21(31)19-20-22(32)30(17-8-9-17)24(2,12-29(20)13-26-19)23(33)27-16-5-3-4-6-16/h7,10-11,13,16-17H,3-6,8-9,12H2,1-2H3,(H,27,33)(H,28,31). The number of benzene rings is 1. The van der Waals surface area contributed by atoms with Gasteiger partial charge in [-0.15, -0.1) is 0 Å². The number of aromatic nitrogens is 2. The summed E-state index contributed by atoms with van der Waals surface area (Å²) in [6.07, 6.45) is 7.39. The van der Waals surface area contributed by atoms with E-state index in [4.69, 9.17) is 11.6 Å². The summed E-state index contributed by atoms with van der Waals surface area (Å²) in [5.41, 5.74) is 0.699. The maximum atomic E-state index is 13.7. The molecule has 1 aromatic heterocycles. The number of amides is 3. The van der Waals surface area contributed by atoms with Crippen molar-refractivity contribution < 1.29 is 14.4 Å². The molecule has 8 nitrogen and oxygen atoms in total. The zero-order valence-corrected chi connectivity index (χ0v) is 19.6. The summed E-state index contributed by atoms with van der Waals surface area (Å²) in [5.74, 6) is -0.905. The Kier molecular flexibility index (Phi) is 5.43. The number of fused-ring (bicyclic) bond motifs is 1. The minimum Gasteiger partial charge on any atom is -0.351 e. The molecule has 1 aromatic carbocycles. The molecule has 3 aliphatic rings. The quantitative estimate of drug-likeness (QED) is 0.700. The smallest absolute Gasteiger partial charge is 0.276 e. The number of carbonyl (C=O) groups excluding carboxylic acids is 3. The molecular weight excluding hydrogens is 442 g/mol. The fourth-order valence-corrected chi connectivity index (χ4v) is 5.31. The van der Waals surface area contributed by atoms with E-state index in [1.807, 2.05) is 13.8 Å². The lowest BCUT2D eigenvalue weighted by atomic mass is 9.93. The Morgan fingerprint density at radius 1 is 1.18 bits per heavy atom. The van der Waals surface area contributed by atoms with Gasteiger partial charge in [0.05, 0.1) is 12.9 Å². The number of carbonyl (C=O) groups is 3. The number of rotatable bonds is 5. The molecular formula is C24H28ClN5O3. The van der Waals surface area contributed by atoms with Crippen LogP contribution in [0.5, 0.6) is 0 Å². The van der Waals surface area contributed by atoms with E-state index in [0.29, 0.717) is 10.7 Å². The third kappa shape index (κ3) is 3.90. The van der Waals surface area contributed by atoms with E-state index in [9.17, 15) is 14.4 Å². The molecule has 0 bridgehead atoms. The van der Waals surface area contributed by atoms with Crippen LogP contribution in [-0.4, -0.2) is 49.8 Å². The van der Waals surface area contributed by atoms with Gasteiger partial charge in [-0.05, 0) is 63.3 Å². The van der Waals surface area contributed by atoms with Crippen molar-refractivity contribution in [3.8, 4) is 0 Å². The Balaban J connectivity index is 1.44. The van der Waals surface area contributed by atoms with Crippen LogP contribution in [0, 0.1) is 6.92 Å². The van der Waals surface area contributed by atoms with Crippen LogP contribution in [0.4, 0.5) is 5.69 Å². The summed E-state index contributed by atoms with van der Waals surface area (Å²) in [6.45, 7) is 3.94. The third-order valence-electron chi connectivity index (χ3n) is 7.01. The molecule has 0 radical (unpaired) electrons. The van der Waals surface area contributed by atoms with Gasteiger partial charge in [-0.1, -0.05) is 24.4 Å². The molecule has 1 aliphatic heterocycles. The van der Waals surface area contributed by atoms with E-state index in [1.165, 1.54) is 6.33 Å². The van der Waals surface area contributed by atoms with Crippen molar-refractivity contribution in [1.82, 2.24) is 19.8 Å². The first kappa shape index (κ1) is 21.9. The average Bonchev–Trinajstić information content (AvgIpc) is 3.28. The first-order chi connectivity index (χ1) is 15.8. The zero-order valence-electron chi connectivity index (χ0n) is 18.9. The summed E-state index contributed by atoms with van der Waals surface area (Å²) in [6, 6.07) is 5.35. The fourth-order valence-electron chi connectivity index (χ4n) is 5.08. The van der Waals surface area contributed by atoms with Gasteiger partial charge >= 0.3 is 0 Å². The largest absolute Gasteiger partial charge is 0.351 e. The number of aryl methyl sites for hydroxylation is 1. The summed E-state index contributed by atoms with van der Waals surface area (Å²) in [5, 5.41) is 6.59. The molecule has 2 aromatic rings. The van der Waals surface area contributed by atoms with E-state index < -0.39 is 11.4 Å². The van der Waals surface area contributed by atoms with Crippen LogP contribution in [0.1, 0.15) is 72.0 Å². The Morgan fingerprint density at radius 2 is 1.91 bits per heavy atom. The van der Waals surface area contributed by atoms with Gasteiger partial charge in [0.25, 0.3) is 11.8 Å². The first-order valence-corrected chi connectivity index (χ1v) is 11.9. The van der Waals surface area contributed by atoms with Crippen molar-refractivity contribution in [1.29, 1.82) is 0 Å². The van der Waals surface area contributed by atoms with Gasteiger partial charge in [-0.2, -0.15) is 0 Å². The highest BCUT2D eigenvalue weighted by atomic mass is 35.5. The van der Waals surface area contributed by atoms with Crippen LogP contribution in [0.3, 0.4) is 0 Å². The molecule has 33 heavy (non-hydrogen) atoms. The van der Waals surface area contributed by atoms with E-state index in [0.717, 1.165) is 44.1 Å². The summed E-state index contributed by atoms with van der Waals surface area (Å²) < 4.78 is 1.65. The highest BCUT2D eigenvalue weighted by molar-refractivity contribution is 6.30. The van der Waals surface area contributed by atoms with Crippen molar-refractivity contribution in [2.45, 2.75) is 76.5 Å². The van der Waals surface area contributed by atoms with Crippen LogP contribution in [0.25, 0.3) is 0 Å². The monoisotopic (exact) mass is 469 g/mol. The minimum atomic E-state index is -1.02. The second-order valence-electron chi connectivity index (χ2n) is 9.62. The molecule has 174 valence electrons. The predicted molar refractivity (Wildman–Crippen MR) is 124 cm³/mol. The molecule has 9 heteroatoms. The summed E-state index contributed by atoms with van der Waals surface area (Å²) in [4.78, 5) is 46.1. The fraction of sp³-hybridized carbons (Fsp3) is 0.500. The number of anilines is 1. The number of halogens is 1. The molecule has 5 rings (SSSR count). The van der Waals surface area contributed by atoms with Crippen LogP contribution >= 0.6 is 11.6 Å². The summed E-state index contributed by atoms with van der Waals surface area (Å²) in [7, 11) is 0. The second kappa shape index (κ2) is 8.17. The van der Waals surface area contributed by atoms with E-state index in [2.05, 4.69) is 15.6 Å². The predicted octanol–water partition coefficient (Wildman–Crippen LogP) is 3.53.